The van der Waals surface area contributed by atoms with Crippen LogP contribution in [0.15, 0.2) is 29.2 Å². The number of hydrogen-bond donors (Lipinski definition) is 1. The van der Waals surface area contributed by atoms with Crippen molar-refractivity contribution in [1.29, 1.82) is 0 Å². The maximum atomic E-state index is 12.7. The van der Waals surface area contributed by atoms with Crippen molar-refractivity contribution in [3.05, 3.63) is 29.8 Å². The van der Waals surface area contributed by atoms with Crippen molar-refractivity contribution >= 4 is 23.6 Å². The van der Waals surface area contributed by atoms with Crippen LogP contribution in [0.1, 0.15) is 37.0 Å². The minimum absolute atomic E-state index is 0.00435. The maximum absolute atomic E-state index is 12.7. The molecule has 4 nitrogen and oxygen atoms in total. The number of nitrogens with two attached hydrogens (primary N) is 1. The summed E-state index contributed by atoms with van der Waals surface area (Å²) < 4.78 is 0. The Bertz CT molecular complexity index is 531. The van der Waals surface area contributed by atoms with Gasteiger partial charge in [0.15, 0.2) is 0 Å². The molecule has 0 spiro atoms. The van der Waals surface area contributed by atoms with Gasteiger partial charge >= 0.3 is 0 Å². The topological polar surface area (TPSA) is 63.4 Å². The summed E-state index contributed by atoms with van der Waals surface area (Å²) >= 11 is 1.69. The number of hydrogen-bond acceptors (Lipinski definition) is 3. The molecule has 2 amide bonds. The lowest BCUT2D eigenvalue weighted by molar-refractivity contribution is -0.123. The molecule has 1 atom stereocenters. The zero-order chi connectivity index (χ0) is 15.4. The number of primary amides is 1. The van der Waals surface area contributed by atoms with Crippen molar-refractivity contribution in [2.24, 2.45) is 11.7 Å². The van der Waals surface area contributed by atoms with Crippen LogP contribution in [0, 0.1) is 5.92 Å². The van der Waals surface area contributed by atoms with Crippen molar-refractivity contribution in [3.8, 4) is 0 Å². The molecule has 1 unspecified atom stereocenters. The quantitative estimate of drug-likeness (QED) is 0.869. The predicted octanol–water partition coefficient (Wildman–Crippen LogP) is 2.52. The molecule has 1 saturated heterocycles. The molecule has 1 aromatic rings. The normalized spacial score (nSPS) is 18.8. The molecule has 1 aromatic carbocycles. The fourth-order valence-corrected chi connectivity index (χ4v) is 3.51. The monoisotopic (exact) mass is 306 g/mol. The number of carbonyl (C=O) groups excluding carboxylic acids is 2. The van der Waals surface area contributed by atoms with Gasteiger partial charge in [-0.3, -0.25) is 9.59 Å². The molecule has 0 bridgehead atoms. The Morgan fingerprint density at radius 2 is 2.05 bits per heavy atom. The Labute approximate surface area is 130 Å². The van der Waals surface area contributed by atoms with Gasteiger partial charge in [0.2, 0.25) is 5.91 Å². The van der Waals surface area contributed by atoms with Crippen LogP contribution in [0.25, 0.3) is 0 Å². The van der Waals surface area contributed by atoms with Gasteiger partial charge in [-0.25, -0.2) is 0 Å². The molecule has 1 aliphatic heterocycles. The largest absolute Gasteiger partial charge is 0.369 e. The number of piperidine rings is 1. The molecule has 0 saturated carbocycles. The fourth-order valence-electron chi connectivity index (χ4n) is 2.56. The Morgan fingerprint density at radius 3 is 2.71 bits per heavy atom. The summed E-state index contributed by atoms with van der Waals surface area (Å²) in [6.07, 6.45) is 1.61. The summed E-state index contributed by atoms with van der Waals surface area (Å²) in [6, 6.07) is 7.67. The summed E-state index contributed by atoms with van der Waals surface area (Å²) in [7, 11) is 0. The zero-order valence-corrected chi connectivity index (χ0v) is 13.4. The first-order valence-electron chi connectivity index (χ1n) is 7.33. The van der Waals surface area contributed by atoms with Crippen LogP contribution >= 0.6 is 11.8 Å². The van der Waals surface area contributed by atoms with Crippen LogP contribution in [0.3, 0.4) is 0 Å². The Balaban J connectivity index is 2.18. The second-order valence-corrected chi connectivity index (χ2v) is 7.27. The van der Waals surface area contributed by atoms with E-state index in [1.807, 2.05) is 24.3 Å². The summed E-state index contributed by atoms with van der Waals surface area (Å²) in [5.41, 5.74) is 6.11. The maximum Gasteiger partial charge on any atom is 0.255 e. The van der Waals surface area contributed by atoms with Crippen molar-refractivity contribution in [2.75, 3.05) is 13.1 Å². The van der Waals surface area contributed by atoms with Crippen LogP contribution in [-0.2, 0) is 4.79 Å². The molecule has 0 aromatic heterocycles. The number of likely N-dealkylation sites (tertiary alicyclic amines) is 1. The fraction of sp³-hybridized carbons (Fsp3) is 0.500. The third-order valence-corrected chi connectivity index (χ3v) is 4.67. The number of rotatable bonds is 4. The first-order valence-corrected chi connectivity index (χ1v) is 8.21. The van der Waals surface area contributed by atoms with E-state index in [1.165, 1.54) is 0 Å². The third kappa shape index (κ3) is 4.00. The van der Waals surface area contributed by atoms with Crippen molar-refractivity contribution in [3.63, 3.8) is 0 Å². The summed E-state index contributed by atoms with van der Waals surface area (Å²) in [6.45, 7) is 5.35. The van der Waals surface area contributed by atoms with E-state index in [-0.39, 0.29) is 17.7 Å². The lowest BCUT2D eigenvalue weighted by Crippen LogP contribution is -2.44. The van der Waals surface area contributed by atoms with E-state index >= 15 is 0 Å². The van der Waals surface area contributed by atoms with Crippen molar-refractivity contribution in [2.45, 2.75) is 36.8 Å². The van der Waals surface area contributed by atoms with Crippen LogP contribution in [0.4, 0.5) is 0 Å². The summed E-state index contributed by atoms with van der Waals surface area (Å²) in [4.78, 5) is 26.8. The molecule has 5 heteroatoms. The first-order chi connectivity index (χ1) is 9.99. The molecule has 2 N–H and O–H groups in total. The molecule has 1 aliphatic rings. The van der Waals surface area contributed by atoms with E-state index in [1.54, 1.807) is 16.7 Å². The zero-order valence-electron chi connectivity index (χ0n) is 12.5. The highest BCUT2D eigenvalue weighted by atomic mass is 32.2. The average molecular weight is 306 g/mol. The smallest absolute Gasteiger partial charge is 0.255 e. The highest BCUT2D eigenvalue weighted by Gasteiger charge is 2.28. The van der Waals surface area contributed by atoms with Gasteiger partial charge in [0.25, 0.3) is 5.91 Å². The van der Waals surface area contributed by atoms with Gasteiger partial charge in [-0.1, -0.05) is 26.0 Å². The van der Waals surface area contributed by atoms with E-state index in [2.05, 4.69) is 13.8 Å². The van der Waals surface area contributed by atoms with E-state index in [0.717, 1.165) is 23.3 Å². The second-order valence-electron chi connectivity index (χ2n) is 5.66. The molecular formula is C16H22N2O2S. The molecule has 0 aliphatic carbocycles. The van der Waals surface area contributed by atoms with Gasteiger partial charge in [-0.15, -0.1) is 11.8 Å². The van der Waals surface area contributed by atoms with Crippen LogP contribution in [-0.4, -0.2) is 35.1 Å². The number of carbonyl (C=O) groups is 2. The third-order valence-electron chi connectivity index (χ3n) is 3.59. The van der Waals surface area contributed by atoms with Gasteiger partial charge < -0.3 is 10.6 Å². The second kappa shape index (κ2) is 6.98. The standard InChI is InChI=1S/C16H22N2O2S/c1-11(2)21-14-8-4-3-7-13(14)16(20)18-9-5-6-12(10-18)15(17)19/h3-4,7-8,11-12H,5-6,9-10H2,1-2H3,(H2,17,19). The minimum Gasteiger partial charge on any atom is -0.369 e. The van der Waals surface area contributed by atoms with Crippen LogP contribution < -0.4 is 5.73 Å². The molecule has 0 radical (unpaired) electrons. The number of amides is 2. The summed E-state index contributed by atoms with van der Waals surface area (Å²) in [5.74, 6) is -0.519. The highest BCUT2D eigenvalue weighted by molar-refractivity contribution is 8.00. The lowest BCUT2D eigenvalue weighted by Gasteiger charge is -2.31. The molecule has 1 heterocycles. The number of thioether (sulfide) groups is 1. The Morgan fingerprint density at radius 1 is 1.33 bits per heavy atom. The first kappa shape index (κ1) is 15.9. The SMILES string of the molecule is CC(C)Sc1ccccc1C(=O)N1CCCC(C(N)=O)C1. The van der Waals surface area contributed by atoms with Gasteiger partial charge in [-0.05, 0) is 25.0 Å². The average Bonchev–Trinajstić information content (AvgIpc) is 2.46. The van der Waals surface area contributed by atoms with Gasteiger partial charge in [-0.2, -0.15) is 0 Å². The van der Waals surface area contributed by atoms with Crippen LogP contribution in [0.2, 0.25) is 0 Å². The molecule has 1 fully saturated rings. The molecule has 21 heavy (non-hydrogen) atoms. The molecule has 2 rings (SSSR count). The lowest BCUT2D eigenvalue weighted by atomic mass is 9.97. The van der Waals surface area contributed by atoms with Crippen molar-refractivity contribution in [1.82, 2.24) is 4.90 Å². The number of nitrogens with zero attached hydrogens (tertiary/aromatic N) is 1. The van der Waals surface area contributed by atoms with E-state index in [9.17, 15) is 9.59 Å². The van der Waals surface area contributed by atoms with E-state index < -0.39 is 0 Å². The van der Waals surface area contributed by atoms with Gasteiger partial charge in [0.1, 0.15) is 0 Å². The summed E-state index contributed by atoms with van der Waals surface area (Å²) in [5, 5.41) is 0.415. The van der Waals surface area contributed by atoms with Crippen LogP contribution in [0.5, 0.6) is 0 Å². The van der Waals surface area contributed by atoms with E-state index in [4.69, 9.17) is 5.73 Å². The van der Waals surface area contributed by atoms with Gasteiger partial charge in [0, 0.05) is 23.2 Å². The predicted molar refractivity (Wildman–Crippen MR) is 85.3 cm³/mol. The number of benzene rings is 1. The highest BCUT2D eigenvalue weighted by Crippen LogP contribution is 2.28. The van der Waals surface area contributed by atoms with Gasteiger partial charge in [0.05, 0.1) is 11.5 Å². The Kier molecular flexibility index (Phi) is 5.28. The van der Waals surface area contributed by atoms with Crippen molar-refractivity contribution < 1.29 is 9.59 Å². The van der Waals surface area contributed by atoms with E-state index in [0.29, 0.717) is 18.3 Å². The molecule has 114 valence electrons. The minimum atomic E-state index is -0.308. The molecular weight excluding hydrogens is 284 g/mol. The Hall–Kier alpha value is -1.49.